The van der Waals surface area contributed by atoms with Crippen LogP contribution >= 0.6 is 11.6 Å². The Morgan fingerprint density at radius 2 is 1.89 bits per heavy atom. The SMILES string of the molecule is CCOc1ccccc1NC(=O)c1cnc(Nc2cc(Cl)ccc2OC)cn1. The molecule has 0 aliphatic heterocycles. The Hall–Kier alpha value is -3.32. The molecule has 0 aliphatic rings. The second kappa shape index (κ2) is 9.05. The second-order valence-corrected chi connectivity index (χ2v) is 6.08. The number of halogens is 1. The highest BCUT2D eigenvalue weighted by molar-refractivity contribution is 6.31. The maximum Gasteiger partial charge on any atom is 0.275 e. The normalized spacial score (nSPS) is 10.2. The van der Waals surface area contributed by atoms with E-state index in [9.17, 15) is 4.79 Å². The summed E-state index contributed by atoms with van der Waals surface area (Å²) in [6.07, 6.45) is 2.85. The van der Waals surface area contributed by atoms with Gasteiger partial charge in [-0.1, -0.05) is 23.7 Å². The third-order valence-corrected chi connectivity index (χ3v) is 3.98. The van der Waals surface area contributed by atoms with Gasteiger partial charge in [-0.05, 0) is 37.3 Å². The van der Waals surface area contributed by atoms with Crippen LogP contribution in [-0.2, 0) is 0 Å². The van der Waals surface area contributed by atoms with Crippen LogP contribution in [0.2, 0.25) is 5.02 Å². The van der Waals surface area contributed by atoms with Gasteiger partial charge in [0.1, 0.15) is 23.0 Å². The molecule has 1 heterocycles. The minimum absolute atomic E-state index is 0.176. The van der Waals surface area contributed by atoms with Crippen molar-refractivity contribution in [3.8, 4) is 11.5 Å². The highest BCUT2D eigenvalue weighted by atomic mass is 35.5. The Morgan fingerprint density at radius 1 is 1.07 bits per heavy atom. The highest BCUT2D eigenvalue weighted by Crippen LogP contribution is 2.29. The van der Waals surface area contributed by atoms with E-state index in [1.807, 2.05) is 19.1 Å². The molecule has 28 heavy (non-hydrogen) atoms. The van der Waals surface area contributed by atoms with Gasteiger partial charge in [0.25, 0.3) is 5.91 Å². The maximum absolute atomic E-state index is 12.5. The van der Waals surface area contributed by atoms with Crippen LogP contribution in [-0.4, -0.2) is 29.6 Å². The third-order valence-electron chi connectivity index (χ3n) is 3.74. The number of benzene rings is 2. The number of methoxy groups -OCH3 is 1. The predicted octanol–water partition coefficient (Wildman–Crippen LogP) is 4.53. The predicted molar refractivity (Wildman–Crippen MR) is 109 cm³/mol. The number of para-hydroxylation sites is 2. The Labute approximate surface area is 167 Å². The van der Waals surface area contributed by atoms with E-state index >= 15 is 0 Å². The highest BCUT2D eigenvalue weighted by Gasteiger charge is 2.12. The van der Waals surface area contributed by atoms with Gasteiger partial charge in [-0.2, -0.15) is 0 Å². The molecule has 0 unspecified atom stereocenters. The molecule has 0 fully saturated rings. The number of amides is 1. The Morgan fingerprint density at radius 3 is 2.61 bits per heavy atom. The summed E-state index contributed by atoms with van der Waals surface area (Å²) in [7, 11) is 1.56. The van der Waals surface area contributed by atoms with Gasteiger partial charge in [0.05, 0.1) is 37.5 Å². The van der Waals surface area contributed by atoms with Crippen molar-refractivity contribution in [2.45, 2.75) is 6.92 Å². The average Bonchev–Trinajstić information content (AvgIpc) is 2.70. The maximum atomic E-state index is 12.5. The zero-order chi connectivity index (χ0) is 19.9. The van der Waals surface area contributed by atoms with Crippen LogP contribution in [0.3, 0.4) is 0 Å². The summed E-state index contributed by atoms with van der Waals surface area (Å²) in [4.78, 5) is 20.9. The fourth-order valence-corrected chi connectivity index (χ4v) is 2.64. The molecule has 0 saturated heterocycles. The molecule has 0 aliphatic carbocycles. The first kappa shape index (κ1) is 19.4. The molecular weight excluding hydrogens is 380 g/mol. The fourth-order valence-electron chi connectivity index (χ4n) is 2.46. The summed E-state index contributed by atoms with van der Waals surface area (Å²) in [5.41, 5.74) is 1.39. The summed E-state index contributed by atoms with van der Waals surface area (Å²) in [5.74, 6) is 1.27. The van der Waals surface area contributed by atoms with Crippen molar-refractivity contribution in [3.05, 3.63) is 65.6 Å². The first-order valence-corrected chi connectivity index (χ1v) is 8.94. The van der Waals surface area contributed by atoms with Crippen molar-refractivity contribution in [1.82, 2.24) is 9.97 Å². The molecule has 0 spiro atoms. The van der Waals surface area contributed by atoms with E-state index in [1.165, 1.54) is 12.4 Å². The molecule has 1 aromatic heterocycles. The van der Waals surface area contributed by atoms with Crippen molar-refractivity contribution in [2.24, 2.45) is 0 Å². The van der Waals surface area contributed by atoms with Gasteiger partial charge >= 0.3 is 0 Å². The lowest BCUT2D eigenvalue weighted by Gasteiger charge is -2.12. The number of rotatable bonds is 7. The average molecular weight is 399 g/mol. The van der Waals surface area contributed by atoms with Crippen LogP contribution in [0.4, 0.5) is 17.2 Å². The van der Waals surface area contributed by atoms with Gasteiger partial charge in [0.2, 0.25) is 0 Å². The summed E-state index contributed by atoms with van der Waals surface area (Å²) in [6.45, 7) is 2.38. The minimum atomic E-state index is -0.383. The van der Waals surface area contributed by atoms with Gasteiger partial charge in [-0.25, -0.2) is 9.97 Å². The number of hydrogen-bond donors (Lipinski definition) is 2. The number of nitrogens with one attached hydrogen (secondary N) is 2. The molecule has 0 radical (unpaired) electrons. The van der Waals surface area contributed by atoms with E-state index in [0.29, 0.717) is 40.3 Å². The number of anilines is 3. The van der Waals surface area contributed by atoms with Crippen LogP contribution in [0.15, 0.2) is 54.9 Å². The molecule has 3 rings (SSSR count). The first-order valence-electron chi connectivity index (χ1n) is 8.56. The number of hydrogen-bond acceptors (Lipinski definition) is 6. The Balaban J connectivity index is 1.72. The number of aromatic nitrogens is 2. The molecule has 7 nitrogen and oxygen atoms in total. The van der Waals surface area contributed by atoms with E-state index in [0.717, 1.165) is 0 Å². The lowest BCUT2D eigenvalue weighted by Crippen LogP contribution is -2.15. The summed E-state index contributed by atoms with van der Waals surface area (Å²) in [6, 6.07) is 12.4. The molecular formula is C20H19ClN4O3. The first-order chi connectivity index (χ1) is 13.6. The third kappa shape index (κ3) is 4.69. The summed E-state index contributed by atoms with van der Waals surface area (Å²) >= 11 is 6.02. The van der Waals surface area contributed by atoms with Crippen LogP contribution in [0.1, 0.15) is 17.4 Å². The quantitative estimate of drug-likeness (QED) is 0.608. The van der Waals surface area contributed by atoms with Crippen molar-refractivity contribution >= 4 is 34.7 Å². The molecule has 0 atom stereocenters. The van der Waals surface area contributed by atoms with E-state index in [-0.39, 0.29) is 11.6 Å². The molecule has 2 N–H and O–H groups in total. The van der Waals surface area contributed by atoms with Gasteiger partial charge < -0.3 is 20.1 Å². The number of ether oxygens (including phenoxy) is 2. The largest absolute Gasteiger partial charge is 0.495 e. The van der Waals surface area contributed by atoms with Crippen LogP contribution < -0.4 is 20.1 Å². The zero-order valence-electron chi connectivity index (χ0n) is 15.4. The summed E-state index contributed by atoms with van der Waals surface area (Å²) in [5, 5.41) is 6.41. The van der Waals surface area contributed by atoms with Crippen molar-refractivity contribution < 1.29 is 14.3 Å². The standard InChI is InChI=1S/C20H19ClN4O3/c1-3-28-18-7-5-4-6-14(18)25-20(26)16-11-23-19(12-22-16)24-15-10-13(21)8-9-17(15)27-2/h4-12H,3H2,1-2H3,(H,23,24)(H,25,26). The van der Waals surface area contributed by atoms with E-state index < -0.39 is 0 Å². The lowest BCUT2D eigenvalue weighted by atomic mass is 10.2. The molecule has 0 bridgehead atoms. The Bertz CT molecular complexity index is 964. The molecule has 8 heteroatoms. The van der Waals surface area contributed by atoms with Crippen molar-refractivity contribution in [2.75, 3.05) is 24.4 Å². The van der Waals surface area contributed by atoms with Crippen LogP contribution in [0, 0.1) is 0 Å². The number of carbonyl (C=O) groups is 1. The molecule has 2 aromatic carbocycles. The smallest absolute Gasteiger partial charge is 0.275 e. The van der Waals surface area contributed by atoms with E-state index in [4.69, 9.17) is 21.1 Å². The topological polar surface area (TPSA) is 85.4 Å². The fraction of sp³-hybridized carbons (Fsp3) is 0.150. The van der Waals surface area contributed by atoms with Crippen molar-refractivity contribution in [3.63, 3.8) is 0 Å². The van der Waals surface area contributed by atoms with Crippen molar-refractivity contribution in [1.29, 1.82) is 0 Å². The number of carbonyl (C=O) groups excluding carboxylic acids is 1. The molecule has 3 aromatic rings. The second-order valence-electron chi connectivity index (χ2n) is 5.64. The van der Waals surface area contributed by atoms with Gasteiger partial charge in [0, 0.05) is 5.02 Å². The lowest BCUT2D eigenvalue weighted by molar-refractivity contribution is 0.102. The zero-order valence-corrected chi connectivity index (χ0v) is 16.2. The minimum Gasteiger partial charge on any atom is -0.495 e. The molecule has 144 valence electrons. The number of nitrogens with zero attached hydrogens (tertiary/aromatic N) is 2. The van der Waals surface area contributed by atoms with Crippen LogP contribution in [0.25, 0.3) is 0 Å². The van der Waals surface area contributed by atoms with Gasteiger partial charge in [-0.15, -0.1) is 0 Å². The van der Waals surface area contributed by atoms with Gasteiger partial charge in [0.15, 0.2) is 0 Å². The van der Waals surface area contributed by atoms with Gasteiger partial charge in [-0.3, -0.25) is 4.79 Å². The van der Waals surface area contributed by atoms with E-state index in [1.54, 1.807) is 37.4 Å². The van der Waals surface area contributed by atoms with Crippen LogP contribution in [0.5, 0.6) is 11.5 Å². The monoisotopic (exact) mass is 398 g/mol. The summed E-state index contributed by atoms with van der Waals surface area (Å²) < 4.78 is 10.8. The van der Waals surface area contributed by atoms with E-state index in [2.05, 4.69) is 20.6 Å². The molecule has 1 amide bonds. The molecule has 0 saturated carbocycles. The Kier molecular flexibility index (Phi) is 6.29.